The van der Waals surface area contributed by atoms with Gasteiger partial charge in [0.25, 0.3) is 0 Å². The Kier molecular flexibility index (Phi) is 5.03. The number of benzene rings is 2. The Bertz CT molecular complexity index is 778. The van der Waals surface area contributed by atoms with Crippen LogP contribution in [0.25, 0.3) is 5.69 Å². The molecule has 3 aromatic rings. The van der Waals surface area contributed by atoms with Gasteiger partial charge in [-0.2, -0.15) is 15.0 Å². The standard InChI is InChI=1S/C19H22N4O/c1-14-8-15(2)10-18(9-14)23-21-12-17(22-23)11-20-19(13-24)16-6-4-3-5-7-16/h3-10,12,19-20,24H,11,13H2,1-2H3/t19-/m1/s1. The highest BCUT2D eigenvalue weighted by molar-refractivity contribution is 5.37. The Morgan fingerprint density at radius 1 is 1.08 bits per heavy atom. The molecule has 0 amide bonds. The maximum Gasteiger partial charge on any atom is 0.0969 e. The van der Waals surface area contributed by atoms with Crippen LogP contribution in [0.15, 0.2) is 54.7 Å². The zero-order valence-corrected chi connectivity index (χ0v) is 14.0. The quantitative estimate of drug-likeness (QED) is 0.732. The van der Waals surface area contributed by atoms with Gasteiger partial charge in [0, 0.05) is 6.54 Å². The third kappa shape index (κ3) is 3.88. The average molecular weight is 322 g/mol. The van der Waals surface area contributed by atoms with Gasteiger partial charge in [-0.15, -0.1) is 0 Å². The molecule has 2 aromatic carbocycles. The first-order chi connectivity index (χ1) is 11.7. The number of aliphatic hydroxyl groups excluding tert-OH is 1. The maximum atomic E-state index is 9.60. The number of rotatable bonds is 6. The SMILES string of the molecule is Cc1cc(C)cc(-n2ncc(CN[C@H](CO)c3ccccc3)n2)c1. The predicted octanol–water partition coefficient (Wildman–Crippen LogP) is 2.71. The van der Waals surface area contributed by atoms with E-state index in [-0.39, 0.29) is 12.6 Å². The molecule has 5 nitrogen and oxygen atoms in total. The first-order valence-electron chi connectivity index (χ1n) is 8.05. The molecule has 0 aliphatic heterocycles. The smallest absolute Gasteiger partial charge is 0.0969 e. The van der Waals surface area contributed by atoms with Crippen molar-refractivity contribution in [3.8, 4) is 5.69 Å². The number of aliphatic hydroxyl groups is 1. The molecule has 0 saturated heterocycles. The lowest BCUT2D eigenvalue weighted by molar-refractivity contribution is 0.243. The normalized spacial score (nSPS) is 12.3. The van der Waals surface area contributed by atoms with Gasteiger partial charge in [0.1, 0.15) is 0 Å². The van der Waals surface area contributed by atoms with E-state index in [0.717, 1.165) is 16.9 Å². The van der Waals surface area contributed by atoms with Crippen LogP contribution in [0, 0.1) is 13.8 Å². The highest BCUT2D eigenvalue weighted by Gasteiger charge is 2.11. The molecule has 0 fully saturated rings. The topological polar surface area (TPSA) is 63.0 Å². The molecule has 3 rings (SSSR count). The summed E-state index contributed by atoms with van der Waals surface area (Å²) in [5.41, 5.74) is 5.23. The summed E-state index contributed by atoms with van der Waals surface area (Å²) in [6.45, 7) is 4.71. The van der Waals surface area contributed by atoms with E-state index in [1.165, 1.54) is 11.1 Å². The third-order valence-electron chi connectivity index (χ3n) is 3.89. The summed E-state index contributed by atoms with van der Waals surface area (Å²) < 4.78 is 0. The van der Waals surface area contributed by atoms with E-state index < -0.39 is 0 Å². The fraction of sp³-hybridized carbons (Fsp3) is 0.263. The zero-order chi connectivity index (χ0) is 16.9. The van der Waals surface area contributed by atoms with Crippen LogP contribution in [0.4, 0.5) is 0 Å². The third-order valence-corrected chi connectivity index (χ3v) is 3.89. The average Bonchev–Trinajstić information content (AvgIpc) is 3.05. The van der Waals surface area contributed by atoms with Gasteiger partial charge in [0.15, 0.2) is 0 Å². The Morgan fingerprint density at radius 2 is 1.79 bits per heavy atom. The molecule has 0 saturated carbocycles. The Balaban J connectivity index is 1.70. The Labute approximate surface area is 142 Å². The number of nitrogens with zero attached hydrogens (tertiary/aromatic N) is 3. The van der Waals surface area contributed by atoms with E-state index >= 15 is 0 Å². The molecule has 24 heavy (non-hydrogen) atoms. The van der Waals surface area contributed by atoms with Crippen molar-refractivity contribution in [3.63, 3.8) is 0 Å². The van der Waals surface area contributed by atoms with Crippen molar-refractivity contribution in [3.05, 3.63) is 77.1 Å². The molecule has 2 N–H and O–H groups in total. The first kappa shape index (κ1) is 16.4. The van der Waals surface area contributed by atoms with Gasteiger partial charge in [-0.3, -0.25) is 0 Å². The zero-order valence-electron chi connectivity index (χ0n) is 14.0. The van der Waals surface area contributed by atoms with Crippen LogP contribution in [0.2, 0.25) is 0 Å². The number of aryl methyl sites for hydroxylation is 2. The molecule has 0 unspecified atom stereocenters. The summed E-state index contributed by atoms with van der Waals surface area (Å²) in [6.07, 6.45) is 1.75. The summed E-state index contributed by atoms with van der Waals surface area (Å²) in [5, 5.41) is 21.8. The van der Waals surface area contributed by atoms with Crippen LogP contribution in [0.5, 0.6) is 0 Å². The first-order valence-corrected chi connectivity index (χ1v) is 8.05. The van der Waals surface area contributed by atoms with E-state index in [2.05, 4.69) is 47.6 Å². The fourth-order valence-corrected chi connectivity index (χ4v) is 2.77. The van der Waals surface area contributed by atoms with Gasteiger partial charge in [-0.1, -0.05) is 36.4 Å². The van der Waals surface area contributed by atoms with Crippen molar-refractivity contribution in [2.75, 3.05) is 6.61 Å². The predicted molar refractivity (Wildman–Crippen MR) is 93.9 cm³/mol. The van der Waals surface area contributed by atoms with E-state index in [9.17, 15) is 5.11 Å². The van der Waals surface area contributed by atoms with Gasteiger partial charge < -0.3 is 10.4 Å². The summed E-state index contributed by atoms with van der Waals surface area (Å²) in [7, 11) is 0. The van der Waals surface area contributed by atoms with Gasteiger partial charge in [0.05, 0.1) is 30.2 Å². The van der Waals surface area contributed by atoms with E-state index in [4.69, 9.17) is 0 Å². The monoisotopic (exact) mass is 322 g/mol. The van der Waals surface area contributed by atoms with Crippen molar-refractivity contribution in [2.24, 2.45) is 0 Å². The van der Waals surface area contributed by atoms with Crippen LogP contribution in [0.3, 0.4) is 0 Å². The minimum Gasteiger partial charge on any atom is -0.394 e. The summed E-state index contributed by atoms with van der Waals surface area (Å²) >= 11 is 0. The molecule has 0 aliphatic carbocycles. The number of hydrogen-bond acceptors (Lipinski definition) is 4. The minimum absolute atomic E-state index is 0.0369. The van der Waals surface area contributed by atoms with Gasteiger partial charge in [-0.05, 0) is 42.7 Å². The molecular formula is C19H22N4O. The molecule has 1 heterocycles. The lowest BCUT2D eigenvalue weighted by Gasteiger charge is -2.15. The van der Waals surface area contributed by atoms with Crippen molar-refractivity contribution < 1.29 is 5.11 Å². The second kappa shape index (κ2) is 7.38. The Morgan fingerprint density at radius 3 is 2.46 bits per heavy atom. The molecular weight excluding hydrogens is 300 g/mol. The van der Waals surface area contributed by atoms with Crippen molar-refractivity contribution in [1.82, 2.24) is 20.3 Å². The highest BCUT2D eigenvalue weighted by atomic mass is 16.3. The van der Waals surface area contributed by atoms with Gasteiger partial charge in [-0.25, -0.2) is 0 Å². The van der Waals surface area contributed by atoms with Crippen LogP contribution in [-0.2, 0) is 6.54 Å². The molecule has 124 valence electrons. The van der Waals surface area contributed by atoms with Gasteiger partial charge >= 0.3 is 0 Å². The lowest BCUT2D eigenvalue weighted by Crippen LogP contribution is -2.24. The van der Waals surface area contributed by atoms with Crippen molar-refractivity contribution in [1.29, 1.82) is 0 Å². The largest absolute Gasteiger partial charge is 0.394 e. The molecule has 5 heteroatoms. The number of hydrogen-bond donors (Lipinski definition) is 2. The summed E-state index contributed by atoms with van der Waals surface area (Å²) in [4.78, 5) is 1.65. The maximum absolute atomic E-state index is 9.60. The molecule has 0 bridgehead atoms. The van der Waals surface area contributed by atoms with Gasteiger partial charge in [0.2, 0.25) is 0 Å². The van der Waals surface area contributed by atoms with Crippen LogP contribution >= 0.6 is 0 Å². The minimum atomic E-state index is -0.113. The molecule has 1 atom stereocenters. The summed E-state index contributed by atoms with van der Waals surface area (Å²) in [6, 6.07) is 16.0. The molecule has 0 aliphatic rings. The number of nitrogens with one attached hydrogen (secondary N) is 1. The van der Waals surface area contributed by atoms with Crippen LogP contribution in [0.1, 0.15) is 28.4 Å². The van der Waals surface area contributed by atoms with Crippen molar-refractivity contribution in [2.45, 2.75) is 26.4 Å². The van der Waals surface area contributed by atoms with Crippen molar-refractivity contribution >= 4 is 0 Å². The Hall–Kier alpha value is -2.50. The lowest BCUT2D eigenvalue weighted by atomic mass is 10.1. The van der Waals surface area contributed by atoms with Crippen LogP contribution < -0.4 is 5.32 Å². The molecule has 0 radical (unpaired) electrons. The van der Waals surface area contributed by atoms with Crippen LogP contribution in [-0.4, -0.2) is 26.7 Å². The number of aromatic nitrogens is 3. The molecule has 0 spiro atoms. The summed E-state index contributed by atoms with van der Waals surface area (Å²) in [5.74, 6) is 0. The molecule has 1 aromatic heterocycles. The van der Waals surface area contributed by atoms with E-state index in [0.29, 0.717) is 6.54 Å². The highest BCUT2D eigenvalue weighted by Crippen LogP contribution is 2.14. The van der Waals surface area contributed by atoms with E-state index in [1.807, 2.05) is 30.3 Å². The fourth-order valence-electron chi connectivity index (χ4n) is 2.77. The van der Waals surface area contributed by atoms with E-state index in [1.54, 1.807) is 11.0 Å². The second-order valence-corrected chi connectivity index (χ2v) is 6.00. The second-order valence-electron chi connectivity index (χ2n) is 6.00.